The van der Waals surface area contributed by atoms with Gasteiger partial charge in [-0.1, -0.05) is 6.07 Å². The average Bonchev–Trinajstić information content (AvgIpc) is 3.19. The number of nitrogens with zero attached hydrogens (tertiary/aromatic N) is 3. The summed E-state index contributed by atoms with van der Waals surface area (Å²) in [5, 5.41) is 14.5. The van der Waals surface area contributed by atoms with E-state index in [0.29, 0.717) is 17.9 Å². The van der Waals surface area contributed by atoms with Crippen molar-refractivity contribution < 1.29 is 28.3 Å². The number of carboxylic acids is 1. The highest BCUT2D eigenvalue weighted by Crippen LogP contribution is 2.34. The Hall–Kier alpha value is -3.76. The number of urea groups is 2. The molecule has 0 radical (unpaired) electrons. The zero-order valence-corrected chi connectivity index (χ0v) is 15.9. The summed E-state index contributed by atoms with van der Waals surface area (Å²) in [7, 11) is 0. The predicted molar refractivity (Wildman–Crippen MR) is 100 cm³/mol. The monoisotopic (exact) mass is 419 g/mol. The molecule has 1 aliphatic rings. The normalized spacial score (nSPS) is 16.4. The number of amides is 4. The van der Waals surface area contributed by atoms with Gasteiger partial charge in [0, 0.05) is 31.2 Å². The molecule has 4 amide bonds. The van der Waals surface area contributed by atoms with E-state index in [4.69, 9.17) is 0 Å². The second-order valence-corrected chi connectivity index (χ2v) is 6.61. The third kappa shape index (κ3) is 4.29. The van der Waals surface area contributed by atoms with Gasteiger partial charge in [0.1, 0.15) is 6.04 Å². The number of halogens is 2. The molecule has 0 saturated heterocycles. The van der Waals surface area contributed by atoms with E-state index in [2.05, 4.69) is 15.6 Å². The van der Waals surface area contributed by atoms with Gasteiger partial charge in [-0.25, -0.2) is 33.0 Å². The molecule has 3 N–H and O–H groups in total. The van der Waals surface area contributed by atoms with Crippen LogP contribution in [0.5, 0.6) is 0 Å². The molecule has 0 fully saturated rings. The Kier molecular flexibility index (Phi) is 6.09. The molecule has 30 heavy (non-hydrogen) atoms. The molecule has 1 aromatic carbocycles. The summed E-state index contributed by atoms with van der Waals surface area (Å²) in [6.45, 7) is 2.11. The highest BCUT2D eigenvalue weighted by atomic mass is 19.2. The number of hydrogen-bond donors (Lipinski definition) is 3. The number of allylic oxidation sites excluding steroid dienone is 1. The maximum atomic E-state index is 13.8. The van der Waals surface area contributed by atoms with E-state index < -0.39 is 35.7 Å². The van der Waals surface area contributed by atoms with Crippen molar-refractivity contribution in [3.8, 4) is 0 Å². The minimum absolute atomic E-state index is 0.00592. The molecule has 0 spiro atoms. The van der Waals surface area contributed by atoms with E-state index in [1.165, 1.54) is 6.92 Å². The smallest absolute Gasteiger partial charge is 0.335 e. The van der Waals surface area contributed by atoms with Gasteiger partial charge in [0.25, 0.3) is 0 Å². The molecular weight excluding hydrogens is 400 g/mol. The zero-order valence-electron chi connectivity index (χ0n) is 15.9. The SMILES string of the molecule is CC1=C(C(=O)O)C(c2ccc(F)c(F)c2)N(C(=O)NCCCn2ccnc2)C(=O)N1. The van der Waals surface area contributed by atoms with Crippen molar-refractivity contribution in [2.45, 2.75) is 25.9 Å². The molecule has 0 bridgehead atoms. The van der Waals surface area contributed by atoms with Crippen molar-refractivity contribution in [1.29, 1.82) is 0 Å². The van der Waals surface area contributed by atoms with Crippen LogP contribution in [0.3, 0.4) is 0 Å². The first-order chi connectivity index (χ1) is 14.3. The van der Waals surface area contributed by atoms with E-state index >= 15 is 0 Å². The number of aliphatic carboxylic acids is 1. The number of carboxylic acid groups (broad SMARTS) is 1. The van der Waals surface area contributed by atoms with Crippen molar-refractivity contribution in [1.82, 2.24) is 25.1 Å². The third-order valence-electron chi connectivity index (χ3n) is 4.59. The Morgan fingerprint density at radius 2 is 2.07 bits per heavy atom. The number of benzene rings is 1. The van der Waals surface area contributed by atoms with Crippen molar-refractivity contribution in [2.75, 3.05) is 6.54 Å². The van der Waals surface area contributed by atoms with Crippen LogP contribution >= 0.6 is 0 Å². The molecule has 1 aromatic heterocycles. The number of imide groups is 1. The van der Waals surface area contributed by atoms with Gasteiger partial charge >= 0.3 is 18.0 Å². The first-order valence-corrected chi connectivity index (χ1v) is 9.02. The van der Waals surface area contributed by atoms with Gasteiger partial charge in [0.2, 0.25) is 0 Å². The van der Waals surface area contributed by atoms with Crippen LogP contribution in [0.4, 0.5) is 18.4 Å². The minimum atomic E-state index is -1.43. The summed E-state index contributed by atoms with van der Waals surface area (Å²) in [5.74, 6) is -3.76. The van der Waals surface area contributed by atoms with Crippen LogP contribution in [0, 0.1) is 11.6 Å². The molecule has 3 rings (SSSR count). The van der Waals surface area contributed by atoms with E-state index in [1.807, 2.05) is 0 Å². The van der Waals surface area contributed by atoms with Crippen LogP contribution in [0.25, 0.3) is 0 Å². The number of aromatic nitrogens is 2. The summed E-state index contributed by atoms with van der Waals surface area (Å²) < 4.78 is 29.0. The molecule has 1 atom stereocenters. The van der Waals surface area contributed by atoms with E-state index in [9.17, 15) is 28.3 Å². The molecule has 1 unspecified atom stereocenters. The van der Waals surface area contributed by atoms with E-state index in [0.717, 1.165) is 18.2 Å². The van der Waals surface area contributed by atoms with Crippen LogP contribution < -0.4 is 10.6 Å². The van der Waals surface area contributed by atoms with Crippen molar-refractivity contribution in [3.63, 3.8) is 0 Å². The van der Waals surface area contributed by atoms with Crippen molar-refractivity contribution in [2.24, 2.45) is 0 Å². The number of carbonyl (C=O) groups is 3. The van der Waals surface area contributed by atoms with Gasteiger partial charge in [0.15, 0.2) is 11.6 Å². The van der Waals surface area contributed by atoms with Crippen LogP contribution in [0.2, 0.25) is 0 Å². The standard InChI is InChI=1S/C19H19F2N5O4/c1-11-15(17(27)28)16(12-3-4-13(20)14(21)9-12)26(19(30)24-11)18(29)23-5-2-7-25-8-6-22-10-25/h3-4,6,8-10,16H,2,5,7H2,1H3,(H,23,29)(H,24,30)(H,27,28). The summed E-state index contributed by atoms with van der Waals surface area (Å²) in [6, 6.07) is -0.447. The molecule has 0 aliphatic carbocycles. The number of carbonyl (C=O) groups excluding carboxylic acids is 2. The van der Waals surface area contributed by atoms with Crippen LogP contribution in [-0.4, -0.2) is 44.1 Å². The number of rotatable bonds is 6. The quantitative estimate of drug-likeness (QED) is 0.622. The lowest BCUT2D eigenvalue weighted by Gasteiger charge is -2.35. The molecule has 11 heteroatoms. The third-order valence-corrected chi connectivity index (χ3v) is 4.59. The summed E-state index contributed by atoms with van der Waals surface area (Å²) in [4.78, 5) is 41.6. The van der Waals surface area contributed by atoms with Gasteiger partial charge in [-0.15, -0.1) is 0 Å². The number of hydrogen-bond acceptors (Lipinski definition) is 4. The maximum Gasteiger partial charge on any atom is 0.335 e. The molecule has 2 heterocycles. The van der Waals surface area contributed by atoms with Gasteiger partial charge in [-0.05, 0) is 31.0 Å². The Labute approximate surface area is 170 Å². The van der Waals surface area contributed by atoms with Crippen LogP contribution in [0.1, 0.15) is 24.9 Å². The molecular formula is C19H19F2N5O4. The van der Waals surface area contributed by atoms with E-state index in [-0.39, 0.29) is 23.4 Å². The highest BCUT2D eigenvalue weighted by Gasteiger charge is 2.41. The Balaban J connectivity index is 1.85. The Bertz CT molecular complexity index is 1010. The lowest BCUT2D eigenvalue weighted by atomic mass is 9.94. The fraction of sp³-hybridized carbons (Fsp3) is 0.263. The number of imidazole rings is 1. The Morgan fingerprint density at radius 3 is 2.70 bits per heavy atom. The Morgan fingerprint density at radius 1 is 1.30 bits per heavy atom. The topological polar surface area (TPSA) is 117 Å². The maximum absolute atomic E-state index is 13.8. The van der Waals surface area contributed by atoms with E-state index in [1.54, 1.807) is 23.3 Å². The van der Waals surface area contributed by atoms with Crippen LogP contribution in [-0.2, 0) is 11.3 Å². The second-order valence-electron chi connectivity index (χ2n) is 6.61. The average molecular weight is 419 g/mol. The largest absolute Gasteiger partial charge is 0.478 e. The molecule has 2 aromatic rings. The minimum Gasteiger partial charge on any atom is -0.478 e. The highest BCUT2D eigenvalue weighted by molar-refractivity contribution is 6.01. The molecule has 158 valence electrons. The number of aryl methyl sites for hydroxylation is 1. The molecule has 1 aliphatic heterocycles. The fourth-order valence-electron chi connectivity index (χ4n) is 3.19. The fourth-order valence-corrected chi connectivity index (χ4v) is 3.19. The summed E-state index contributed by atoms with van der Waals surface area (Å²) in [6.07, 6.45) is 5.51. The van der Waals surface area contributed by atoms with Crippen molar-refractivity contribution >= 4 is 18.0 Å². The van der Waals surface area contributed by atoms with Gasteiger partial charge in [-0.3, -0.25) is 0 Å². The first kappa shape index (κ1) is 21.0. The van der Waals surface area contributed by atoms with Crippen LogP contribution in [0.15, 0.2) is 48.2 Å². The van der Waals surface area contributed by atoms with Gasteiger partial charge in [-0.2, -0.15) is 0 Å². The molecule has 0 saturated carbocycles. The zero-order chi connectivity index (χ0) is 21.8. The summed E-state index contributed by atoms with van der Waals surface area (Å²) in [5.41, 5.74) is -0.366. The first-order valence-electron chi connectivity index (χ1n) is 9.02. The lowest BCUT2D eigenvalue weighted by molar-refractivity contribution is -0.133. The van der Waals surface area contributed by atoms with Crippen molar-refractivity contribution in [3.05, 3.63) is 65.4 Å². The molecule has 9 nitrogen and oxygen atoms in total. The lowest BCUT2D eigenvalue weighted by Crippen LogP contribution is -2.54. The predicted octanol–water partition coefficient (Wildman–Crippen LogP) is 2.39. The van der Waals surface area contributed by atoms with Gasteiger partial charge < -0.3 is 20.3 Å². The number of nitrogens with one attached hydrogen (secondary N) is 2. The summed E-state index contributed by atoms with van der Waals surface area (Å²) >= 11 is 0. The second kappa shape index (κ2) is 8.72. The van der Waals surface area contributed by atoms with Gasteiger partial charge in [0.05, 0.1) is 11.9 Å².